The van der Waals surface area contributed by atoms with E-state index in [1.807, 2.05) is 13.8 Å². The number of carboxylic acid groups (broad SMARTS) is 2. The van der Waals surface area contributed by atoms with Gasteiger partial charge in [-0.3, -0.25) is 43.2 Å². The summed E-state index contributed by atoms with van der Waals surface area (Å²) >= 11 is 0. The molecule has 0 aliphatic carbocycles. The van der Waals surface area contributed by atoms with Crippen LogP contribution in [-0.2, 0) is 52.7 Å². The first-order valence-electron chi connectivity index (χ1n) is 25.8. The number of esters is 1. The number of ether oxygens (including phenoxy) is 1. The molecule has 1 fully saturated rings. The van der Waals surface area contributed by atoms with Crippen LogP contribution in [0.4, 0.5) is 0 Å². The fourth-order valence-electron chi connectivity index (χ4n) is 8.22. The Balaban J connectivity index is 4.00. The first-order chi connectivity index (χ1) is 33.1. The van der Waals surface area contributed by atoms with E-state index in [1.165, 1.54) is 0 Å². The molecule has 406 valence electrons. The van der Waals surface area contributed by atoms with Crippen LogP contribution >= 0.6 is 0 Å². The minimum Gasteiger partial charge on any atom is -0.481 e. The second-order valence-corrected chi connectivity index (χ2v) is 21.7. The highest BCUT2D eigenvalue weighted by Crippen LogP contribution is 2.19. The van der Waals surface area contributed by atoms with Crippen molar-refractivity contribution in [1.82, 2.24) is 37.2 Å². The van der Waals surface area contributed by atoms with Crippen LogP contribution < -0.4 is 37.2 Å². The summed E-state index contributed by atoms with van der Waals surface area (Å²) < 4.78 is 6.02. The van der Waals surface area contributed by atoms with Crippen molar-refractivity contribution in [2.24, 2.45) is 35.5 Å². The van der Waals surface area contributed by atoms with Gasteiger partial charge in [-0.05, 0) is 80.5 Å². The zero-order chi connectivity index (χ0) is 54.1. The first-order valence-corrected chi connectivity index (χ1v) is 25.8. The molecule has 0 aromatic heterocycles. The zero-order valence-electron chi connectivity index (χ0n) is 44.6. The van der Waals surface area contributed by atoms with Gasteiger partial charge in [0, 0.05) is 6.42 Å². The van der Waals surface area contributed by atoms with Crippen molar-refractivity contribution in [2.75, 3.05) is 0 Å². The topological polar surface area (TPSA) is 305 Å². The van der Waals surface area contributed by atoms with E-state index in [2.05, 4.69) is 51.1 Å². The van der Waals surface area contributed by atoms with E-state index in [0.717, 1.165) is 32.1 Å². The van der Waals surface area contributed by atoms with Gasteiger partial charge < -0.3 is 52.2 Å². The molecule has 0 saturated carbocycles. The quantitative estimate of drug-likeness (QED) is 0.0542. The van der Waals surface area contributed by atoms with Crippen LogP contribution in [0.1, 0.15) is 179 Å². The maximum atomic E-state index is 14.2. The number of hydrogen-bond donors (Lipinski definition) is 9. The number of aliphatic carboxylic acids is 2. The smallest absolute Gasteiger partial charge is 0.328 e. The summed E-state index contributed by atoms with van der Waals surface area (Å²) in [6, 6.07) is -9.64. The molecular weight excluding hydrogens is 919 g/mol. The third-order valence-electron chi connectivity index (χ3n) is 11.9. The number of carbonyl (C=O) groups excluding carboxylic acids is 8. The molecule has 0 bridgehead atoms. The van der Waals surface area contributed by atoms with Gasteiger partial charge in [-0.1, -0.05) is 115 Å². The average Bonchev–Trinajstić information content (AvgIpc) is 3.23. The third kappa shape index (κ3) is 26.6. The van der Waals surface area contributed by atoms with Crippen LogP contribution in [0.3, 0.4) is 0 Å². The number of amides is 7. The van der Waals surface area contributed by atoms with Gasteiger partial charge in [0.25, 0.3) is 0 Å². The van der Waals surface area contributed by atoms with E-state index in [0.29, 0.717) is 12.3 Å². The van der Waals surface area contributed by atoms with Gasteiger partial charge in [0.15, 0.2) is 0 Å². The molecule has 1 aliphatic heterocycles. The molecule has 0 aromatic carbocycles. The molecule has 1 aliphatic rings. The normalized spacial score (nSPS) is 24.4. The van der Waals surface area contributed by atoms with E-state index < -0.39 is 133 Å². The largest absolute Gasteiger partial charge is 0.481 e. The van der Waals surface area contributed by atoms with E-state index in [9.17, 15) is 58.2 Å². The Kier molecular flexibility index (Phi) is 29.3. The van der Waals surface area contributed by atoms with Gasteiger partial charge in [-0.25, -0.2) is 4.79 Å². The van der Waals surface area contributed by atoms with Crippen molar-refractivity contribution in [1.29, 1.82) is 0 Å². The van der Waals surface area contributed by atoms with Crippen LogP contribution in [0, 0.1) is 35.5 Å². The van der Waals surface area contributed by atoms with E-state index in [-0.39, 0.29) is 62.2 Å². The lowest BCUT2D eigenvalue weighted by Crippen LogP contribution is -2.61. The number of nitrogens with one attached hydrogen (secondary N) is 7. The highest BCUT2D eigenvalue weighted by molar-refractivity contribution is 5.98. The molecule has 0 aromatic rings. The Morgan fingerprint density at radius 3 is 1.32 bits per heavy atom. The number of hydrogen-bond acceptors (Lipinski definition) is 11. The van der Waals surface area contributed by atoms with Gasteiger partial charge in [-0.2, -0.15) is 0 Å². The molecule has 0 spiro atoms. The Morgan fingerprint density at radius 2 is 0.873 bits per heavy atom. The molecule has 20 nitrogen and oxygen atoms in total. The second kappa shape index (κ2) is 32.6. The molecule has 1 saturated heterocycles. The molecule has 1 rings (SSSR count). The van der Waals surface area contributed by atoms with Crippen molar-refractivity contribution < 1.29 is 62.9 Å². The molecule has 9 N–H and O–H groups in total. The molecule has 0 radical (unpaired) electrons. The predicted octanol–water partition coefficient (Wildman–Crippen LogP) is 4.26. The highest BCUT2D eigenvalue weighted by Gasteiger charge is 2.37. The van der Waals surface area contributed by atoms with Gasteiger partial charge in [0.1, 0.15) is 48.4 Å². The van der Waals surface area contributed by atoms with Crippen molar-refractivity contribution >= 4 is 59.3 Å². The van der Waals surface area contributed by atoms with Crippen molar-refractivity contribution in [3.8, 4) is 0 Å². The fourth-order valence-corrected chi connectivity index (χ4v) is 8.22. The van der Waals surface area contributed by atoms with E-state index in [1.54, 1.807) is 55.4 Å². The minimum absolute atomic E-state index is 0.0387. The number of rotatable bonds is 22. The van der Waals surface area contributed by atoms with Crippen molar-refractivity contribution in [3.05, 3.63) is 0 Å². The third-order valence-corrected chi connectivity index (χ3v) is 11.9. The van der Waals surface area contributed by atoms with E-state index >= 15 is 0 Å². The Morgan fingerprint density at radius 1 is 0.465 bits per heavy atom. The van der Waals surface area contributed by atoms with Crippen molar-refractivity contribution in [3.63, 3.8) is 0 Å². The monoisotopic (exact) mass is 1010 g/mol. The van der Waals surface area contributed by atoms with Crippen LogP contribution in [0.2, 0.25) is 0 Å². The van der Waals surface area contributed by atoms with Gasteiger partial charge in [0.2, 0.25) is 41.4 Å². The Bertz CT molecular complexity index is 1770. The summed E-state index contributed by atoms with van der Waals surface area (Å²) in [5.74, 6) is -10.2. The van der Waals surface area contributed by atoms with Crippen LogP contribution in [-0.4, -0.2) is 118 Å². The van der Waals surface area contributed by atoms with Gasteiger partial charge in [-0.15, -0.1) is 0 Å². The number of carbonyl (C=O) groups is 10. The maximum Gasteiger partial charge on any atom is 0.328 e. The molecule has 20 heteroatoms. The Labute approximate surface area is 421 Å². The first kappa shape index (κ1) is 63.7. The van der Waals surface area contributed by atoms with Crippen LogP contribution in [0.25, 0.3) is 0 Å². The average molecular weight is 1010 g/mol. The number of cyclic esters (lactones) is 1. The molecule has 7 amide bonds. The molecule has 71 heavy (non-hydrogen) atoms. The van der Waals surface area contributed by atoms with Gasteiger partial charge >= 0.3 is 17.9 Å². The van der Waals surface area contributed by atoms with Crippen LogP contribution in [0.5, 0.6) is 0 Å². The fraction of sp³-hybridized carbons (Fsp3) is 0.804. The maximum absolute atomic E-state index is 14.2. The lowest BCUT2D eigenvalue weighted by molar-refractivity contribution is -0.155. The zero-order valence-corrected chi connectivity index (χ0v) is 44.6. The molecule has 1 heterocycles. The SMILES string of the molecule is CC(C)CCCCCCCC1CC(=O)N[C@H](CCC(=O)O)C(=O)N[C@@H](CC(C)C)C(=O)NC(CC(C)C)C(=O)N[C@@H](C(C)C)C(=O)N[C@@H](CC(=O)O)C(=O)NC(CC(C)C)C(=O)NC(CC(C)C)C(=O)O1. The molecule has 4 unspecified atom stereocenters. The summed E-state index contributed by atoms with van der Waals surface area (Å²) in [6.07, 6.45) is 2.60. The standard InChI is InChI=1S/C51H89N7O13/c1-28(2)18-16-14-13-15-17-19-34-26-41(59)52-35(20-21-42(60)61)45(64)53-36(22-29(3)4)46(65)55-38(24-31(7)8)49(68)58-44(33(11)12)50(69)56-39(27-43(62)63)48(67)54-37(23-30(5)6)47(66)57-40(25-32(9)10)51(70)71-34/h28-40,44H,13-27H2,1-12H3,(H,52,59)(H,53,64)(H,54,67)(H,55,65)(H,56,69)(H,57,66)(H,58,68)(H,60,61)(H,62,63)/t34?,35-,36+,37?,38?,39+,40?,44+/m1/s1. The summed E-state index contributed by atoms with van der Waals surface area (Å²) in [6.45, 7) is 21.9. The summed E-state index contributed by atoms with van der Waals surface area (Å²) in [4.78, 5) is 136. The predicted molar refractivity (Wildman–Crippen MR) is 267 cm³/mol. The number of unbranched alkanes of at least 4 members (excludes halogenated alkanes) is 4. The molecule has 8 atom stereocenters. The molecular formula is C51H89N7O13. The lowest BCUT2D eigenvalue weighted by Gasteiger charge is -2.29. The second-order valence-electron chi connectivity index (χ2n) is 21.7. The highest BCUT2D eigenvalue weighted by atomic mass is 16.5. The summed E-state index contributed by atoms with van der Waals surface area (Å²) in [5.41, 5.74) is 0. The van der Waals surface area contributed by atoms with Gasteiger partial charge in [0.05, 0.1) is 12.8 Å². The van der Waals surface area contributed by atoms with Crippen molar-refractivity contribution in [2.45, 2.75) is 228 Å². The van der Waals surface area contributed by atoms with Crippen LogP contribution in [0.15, 0.2) is 0 Å². The summed E-state index contributed by atoms with van der Waals surface area (Å²) in [7, 11) is 0. The lowest BCUT2D eigenvalue weighted by atomic mass is 9.98. The van der Waals surface area contributed by atoms with E-state index in [4.69, 9.17) is 4.74 Å². The summed E-state index contributed by atoms with van der Waals surface area (Å²) in [5, 5.41) is 37.8. The minimum atomic E-state index is -1.72. The Hall–Kier alpha value is -5.30. The number of carboxylic acids is 2.